The van der Waals surface area contributed by atoms with Crippen LogP contribution in [0.4, 0.5) is 0 Å². The van der Waals surface area contributed by atoms with Crippen LogP contribution in [0, 0.1) is 0 Å². The summed E-state index contributed by atoms with van der Waals surface area (Å²) in [5.41, 5.74) is 1.92. The molecule has 0 radical (unpaired) electrons. The minimum atomic E-state index is -0.517. The molecule has 124 valence electrons. The first kappa shape index (κ1) is 16.2. The Morgan fingerprint density at radius 3 is 2.21 bits per heavy atom. The summed E-state index contributed by atoms with van der Waals surface area (Å²) in [6.07, 6.45) is 0.266. The first-order valence-electron chi connectivity index (χ1n) is 7.98. The fraction of sp³-hybridized carbons (Fsp3) is 0.263. The normalized spacial score (nSPS) is 19.7. The van der Waals surface area contributed by atoms with Crippen LogP contribution in [0.2, 0.25) is 0 Å². The van der Waals surface area contributed by atoms with Gasteiger partial charge < -0.3 is 5.32 Å². The van der Waals surface area contributed by atoms with Gasteiger partial charge in [0.25, 0.3) is 5.91 Å². The van der Waals surface area contributed by atoms with Gasteiger partial charge in [0.2, 0.25) is 5.91 Å². The maximum Gasteiger partial charge on any atom is 0.271 e. The lowest BCUT2D eigenvalue weighted by molar-refractivity contribution is -0.237. The van der Waals surface area contributed by atoms with Gasteiger partial charge in [-0.2, -0.15) is 0 Å². The second kappa shape index (κ2) is 7.27. The van der Waals surface area contributed by atoms with E-state index in [4.69, 9.17) is 4.84 Å². The molecule has 0 unspecified atom stereocenters. The highest BCUT2D eigenvalue weighted by Gasteiger charge is 2.46. The second-order valence-electron chi connectivity index (χ2n) is 5.87. The van der Waals surface area contributed by atoms with Gasteiger partial charge in [-0.3, -0.25) is 14.4 Å². The second-order valence-corrected chi connectivity index (χ2v) is 5.87. The first-order valence-corrected chi connectivity index (χ1v) is 7.98. The van der Waals surface area contributed by atoms with Gasteiger partial charge in [0.15, 0.2) is 0 Å². The molecule has 1 fully saturated rings. The van der Waals surface area contributed by atoms with Crippen molar-refractivity contribution in [2.24, 2.45) is 0 Å². The van der Waals surface area contributed by atoms with Gasteiger partial charge >= 0.3 is 0 Å². The molecule has 0 spiro atoms. The zero-order valence-corrected chi connectivity index (χ0v) is 13.5. The number of rotatable bonds is 6. The molecule has 1 aliphatic rings. The fourth-order valence-electron chi connectivity index (χ4n) is 2.68. The molecule has 2 aromatic rings. The smallest absolute Gasteiger partial charge is 0.271 e. The standard InChI is InChI=1S/C19H20N2O3/c1-14-18(20-17(22)12-15-8-4-2-5-9-15)19(23)21(14)24-13-16-10-6-3-7-11-16/h2-11,14,18H,12-13H2,1H3,(H,20,22)/t14-,18-/m0/s1. The molecule has 5 heteroatoms. The molecule has 0 aromatic heterocycles. The van der Waals surface area contributed by atoms with E-state index in [0.717, 1.165) is 11.1 Å². The van der Waals surface area contributed by atoms with Crippen molar-refractivity contribution in [2.75, 3.05) is 0 Å². The van der Waals surface area contributed by atoms with Crippen LogP contribution in [0.5, 0.6) is 0 Å². The molecule has 2 aromatic carbocycles. The average molecular weight is 324 g/mol. The molecular formula is C19H20N2O3. The van der Waals surface area contributed by atoms with Gasteiger partial charge in [-0.15, -0.1) is 0 Å². The minimum Gasteiger partial charge on any atom is -0.342 e. The molecule has 1 saturated heterocycles. The number of benzene rings is 2. The Balaban J connectivity index is 1.48. The van der Waals surface area contributed by atoms with E-state index >= 15 is 0 Å². The van der Waals surface area contributed by atoms with Crippen molar-refractivity contribution in [3.63, 3.8) is 0 Å². The molecule has 0 saturated carbocycles. The van der Waals surface area contributed by atoms with Crippen molar-refractivity contribution < 1.29 is 14.4 Å². The van der Waals surface area contributed by atoms with Crippen LogP contribution >= 0.6 is 0 Å². The zero-order chi connectivity index (χ0) is 16.9. The highest BCUT2D eigenvalue weighted by Crippen LogP contribution is 2.21. The van der Waals surface area contributed by atoms with Crippen LogP contribution in [0.1, 0.15) is 18.1 Å². The lowest BCUT2D eigenvalue weighted by Gasteiger charge is -2.43. The van der Waals surface area contributed by atoms with E-state index in [1.807, 2.05) is 67.6 Å². The fourth-order valence-corrected chi connectivity index (χ4v) is 2.68. The summed E-state index contributed by atoms with van der Waals surface area (Å²) in [6, 6.07) is 18.4. The number of amides is 2. The lowest BCUT2D eigenvalue weighted by atomic mass is 9.99. The molecule has 0 bridgehead atoms. The SMILES string of the molecule is C[C@H]1[C@H](NC(=O)Cc2ccccc2)C(=O)N1OCc1ccccc1. The maximum absolute atomic E-state index is 12.2. The molecule has 2 amide bonds. The van der Waals surface area contributed by atoms with Crippen LogP contribution in [-0.2, 0) is 27.5 Å². The third-order valence-corrected chi connectivity index (χ3v) is 4.07. The van der Waals surface area contributed by atoms with E-state index in [1.165, 1.54) is 5.06 Å². The first-order chi connectivity index (χ1) is 11.6. The summed E-state index contributed by atoms with van der Waals surface area (Å²) >= 11 is 0. The predicted molar refractivity (Wildman–Crippen MR) is 89.6 cm³/mol. The van der Waals surface area contributed by atoms with Gasteiger partial charge in [-0.25, -0.2) is 5.06 Å². The van der Waals surface area contributed by atoms with Crippen LogP contribution < -0.4 is 5.32 Å². The summed E-state index contributed by atoms with van der Waals surface area (Å²) in [7, 11) is 0. The Kier molecular flexibility index (Phi) is 4.91. The summed E-state index contributed by atoms with van der Waals surface area (Å²) in [6.45, 7) is 2.20. The summed E-state index contributed by atoms with van der Waals surface area (Å²) in [5.74, 6) is -0.367. The van der Waals surface area contributed by atoms with Gasteiger partial charge in [0.05, 0.1) is 12.5 Å². The number of hydroxylamine groups is 2. The topological polar surface area (TPSA) is 58.6 Å². The number of nitrogens with one attached hydrogen (secondary N) is 1. The van der Waals surface area contributed by atoms with Gasteiger partial charge in [-0.1, -0.05) is 60.7 Å². The van der Waals surface area contributed by atoms with E-state index in [2.05, 4.69) is 5.32 Å². The lowest BCUT2D eigenvalue weighted by Crippen LogP contribution is -2.69. The van der Waals surface area contributed by atoms with E-state index in [0.29, 0.717) is 6.61 Å². The van der Waals surface area contributed by atoms with E-state index < -0.39 is 6.04 Å². The number of β-lactam (4-membered cyclic amide) rings is 1. The molecule has 1 aliphatic heterocycles. The maximum atomic E-state index is 12.2. The largest absolute Gasteiger partial charge is 0.342 e. The quantitative estimate of drug-likeness (QED) is 0.828. The van der Waals surface area contributed by atoms with Crippen molar-refractivity contribution >= 4 is 11.8 Å². The molecule has 1 N–H and O–H groups in total. The van der Waals surface area contributed by atoms with Crippen LogP contribution in [0.25, 0.3) is 0 Å². The van der Waals surface area contributed by atoms with Gasteiger partial charge in [0.1, 0.15) is 12.6 Å². The third kappa shape index (κ3) is 3.63. The Labute approximate surface area is 141 Å². The van der Waals surface area contributed by atoms with E-state index in [9.17, 15) is 9.59 Å². The molecule has 1 heterocycles. The van der Waals surface area contributed by atoms with Gasteiger partial charge in [0, 0.05) is 0 Å². The highest BCUT2D eigenvalue weighted by molar-refractivity contribution is 5.93. The van der Waals surface area contributed by atoms with Crippen molar-refractivity contribution in [3.8, 4) is 0 Å². The zero-order valence-electron chi connectivity index (χ0n) is 13.5. The van der Waals surface area contributed by atoms with Crippen molar-refractivity contribution in [3.05, 3.63) is 71.8 Å². The summed E-state index contributed by atoms with van der Waals surface area (Å²) < 4.78 is 0. The van der Waals surface area contributed by atoms with Crippen LogP contribution in [0.3, 0.4) is 0 Å². The van der Waals surface area contributed by atoms with Crippen molar-refractivity contribution in [2.45, 2.75) is 32.0 Å². The van der Waals surface area contributed by atoms with Crippen molar-refractivity contribution in [1.29, 1.82) is 0 Å². The van der Waals surface area contributed by atoms with Gasteiger partial charge in [-0.05, 0) is 18.1 Å². The monoisotopic (exact) mass is 324 g/mol. The van der Waals surface area contributed by atoms with Crippen molar-refractivity contribution in [1.82, 2.24) is 10.4 Å². The molecule has 24 heavy (non-hydrogen) atoms. The summed E-state index contributed by atoms with van der Waals surface area (Å²) in [5, 5.41) is 4.12. The van der Waals surface area contributed by atoms with Crippen LogP contribution in [0.15, 0.2) is 60.7 Å². The Morgan fingerprint density at radius 1 is 1.04 bits per heavy atom. The predicted octanol–water partition coefficient (Wildman–Crippen LogP) is 2.08. The number of hydrogen-bond donors (Lipinski definition) is 1. The molecule has 0 aliphatic carbocycles. The highest BCUT2D eigenvalue weighted by atomic mass is 16.7. The summed E-state index contributed by atoms with van der Waals surface area (Å²) in [4.78, 5) is 29.8. The Morgan fingerprint density at radius 2 is 1.62 bits per heavy atom. The Hall–Kier alpha value is -2.66. The van der Waals surface area contributed by atoms with E-state index in [-0.39, 0.29) is 24.3 Å². The average Bonchev–Trinajstić information content (AvgIpc) is 2.61. The number of carbonyl (C=O) groups excluding carboxylic acids is 2. The number of carbonyl (C=O) groups is 2. The molecule has 2 atom stereocenters. The number of nitrogens with zero attached hydrogens (tertiary/aromatic N) is 1. The minimum absolute atomic E-state index is 0.158. The molecule has 5 nitrogen and oxygen atoms in total. The third-order valence-electron chi connectivity index (χ3n) is 4.07. The molecular weight excluding hydrogens is 304 g/mol. The number of hydrogen-bond acceptors (Lipinski definition) is 3. The van der Waals surface area contributed by atoms with E-state index in [1.54, 1.807) is 0 Å². The van der Waals surface area contributed by atoms with Crippen LogP contribution in [-0.4, -0.2) is 29.0 Å². The molecule has 3 rings (SSSR count). The Bertz CT molecular complexity index is 703.